The van der Waals surface area contributed by atoms with E-state index < -0.39 is 0 Å². The summed E-state index contributed by atoms with van der Waals surface area (Å²) < 4.78 is 0. The smallest absolute Gasteiger partial charge is 0.257 e. The number of rotatable bonds is 3. The molecule has 0 radical (unpaired) electrons. The Hall–Kier alpha value is -1.95. The van der Waals surface area contributed by atoms with Gasteiger partial charge >= 0.3 is 0 Å². The van der Waals surface area contributed by atoms with Gasteiger partial charge in [0, 0.05) is 11.1 Å². The van der Waals surface area contributed by atoms with Gasteiger partial charge in [0.2, 0.25) is 5.13 Å². The number of carbonyl (C=O) groups excluding carboxylic acids is 1. The van der Waals surface area contributed by atoms with Crippen LogP contribution in [0.5, 0.6) is 0 Å². The van der Waals surface area contributed by atoms with Gasteiger partial charge in [-0.2, -0.15) is 0 Å². The zero-order valence-electron chi connectivity index (χ0n) is 12.0. The lowest BCUT2D eigenvalue weighted by molar-refractivity contribution is 0.102. The molecule has 2 aromatic carbocycles. The minimum Gasteiger partial charge on any atom is -0.296 e. The third kappa shape index (κ3) is 3.52. The predicted molar refractivity (Wildman–Crippen MR) is 94.5 cm³/mol. The third-order valence-electron chi connectivity index (χ3n) is 3.20. The fraction of sp³-hybridized carbons (Fsp3) is 0.0625. The number of nitrogens with one attached hydrogen (secondary N) is 1. The molecular weight excluding hydrogens is 353 g/mol. The molecule has 0 fully saturated rings. The van der Waals surface area contributed by atoms with Crippen LogP contribution in [0.2, 0.25) is 10.0 Å². The lowest BCUT2D eigenvalue weighted by Crippen LogP contribution is -2.11. The van der Waals surface area contributed by atoms with Gasteiger partial charge in [-0.05, 0) is 30.7 Å². The molecule has 1 amide bonds. The normalized spacial score (nSPS) is 10.6. The van der Waals surface area contributed by atoms with Crippen LogP contribution in [0.3, 0.4) is 0 Å². The number of aryl methyl sites for hydroxylation is 1. The van der Waals surface area contributed by atoms with Crippen molar-refractivity contribution in [3.8, 4) is 10.6 Å². The Morgan fingerprint density at radius 2 is 1.87 bits per heavy atom. The number of hydrogen-bond donors (Lipinski definition) is 1. The zero-order valence-corrected chi connectivity index (χ0v) is 14.3. The van der Waals surface area contributed by atoms with Gasteiger partial charge in [-0.25, -0.2) is 0 Å². The van der Waals surface area contributed by atoms with Crippen molar-refractivity contribution >= 4 is 45.6 Å². The first-order valence-corrected chi connectivity index (χ1v) is 8.28. The maximum absolute atomic E-state index is 12.2. The highest BCUT2D eigenvalue weighted by Gasteiger charge is 2.13. The first-order chi connectivity index (χ1) is 11.0. The first-order valence-electron chi connectivity index (χ1n) is 6.70. The average Bonchev–Trinajstić information content (AvgIpc) is 2.98. The van der Waals surface area contributed by atoms with Gasteiger partial charge < -0.3 is 0 Å². The Bertz CT molecular complexity index is 879. The Morgan fingerprint density at radius 3 is 2.61 bits per heavy atom. The molecule has 3 aromatic rings. The van der Waals surface area contributed by atoms with Gasteiger partial charge in [0.15, 0.2) is 0 Å². The molecule has 0 saturated heterocycles. The Balaban J connectivity index is 1.80. The van der Waals surface area contributed by atoms with E-state index in [1.807, 2.05) is 31.2 Å². The summed E-state index contributed by atoms with van der Waals surface area (Å²) in [5, 5.41) is 12.8. The highest BCUT2D eigenvalue weighted by molar-refractivity contribution is 7.18. The van der Waals surface area contributed by atoms with Gasteiger partial charge in [0.1, 0.15) is 5.01 Å². The summed E-state index contributed by atoms with van der Waals surface area (Å²) in [6.45, 7) is 2.00. The molecule has 7 heteroatoms. The fourth-order valence-electron chi connectivity index (χ4n) is 2.00. The van der Waals surface area contributed by atoms with Crippen molar-refractivity contribution in [1.29, 1.82) is 0 Å². The molecule has 4 nitrogen and oxygen atoms in total. The molecule has 23 heavy (non-hydrogen) atoms. The van der Waals surface area contributed by atoms with Crippen molar-refractivity contribution in [2.75, 3.05) is 5.32 Å². The second kappa shape index (κ2) is 6.66. The monoisotopic (exact) mass is 363 g/mol. The first kappa shape index (κ1) is 15.9. The molecule has 0 bridgehead atoms. The van der Waals surface area contributed by atoms with E-state index in [4.69, 9.17) is 23.2 Å². The highest BCUT2D eigenvalue weighted by atomic mass is 35.5. The van der Waals surface area contributed by atoms with Gasteiger partial charge in [-0.15, -0.1) is 10.2 Å². The maximum atomic E-state index is 12.2. The van der Waals surface area contributed by atoms with Crippen LogP contribution in [0.4, 0.5) is 5.13 Å². The van der Waals surface area contributed by atoms with E-state index in [2.05, 4.69) is 15.5 Å². The minimum atomic E-state index is -0.309. The van der Waals surface area contributed by atoms with Crippen LogP contribution in [0.25, 0.3) is 10.6 Å². The van der Waals surface area contributed by atoms with Crippen molar-refractivity contribution in [1.82, 2.24) is 10.2 Å². The van der Waals surface area contributed by atoms with Crippen LogP contribution in [0.1, 0.15) is 15.9 Å². The molecule has 1 N–H and O–H groups in total. The molecule has 0 aliphatic carbocycles. The topological polar surface area (TPSA) is 54.9 Å². The summed E-state index contributed by atoms with van der Waals surface area (Å²) in [5.74, 6) is -0.309. The molecule has 0 saturated carbocycles. The standard InChI is InChI=1S/C16H11Cl2N3OS/c1-9-4-2-3-5-11(9)15-20-21-16(23-15)19-14(22)10-6-7-12(17)13(18)8-10/h2-8H,1H3,(H,19,21,22). The molecule has 0 unspecified atom stereocenters. The molecule has 1 heterocycles. The molecule has 0 aliphatic heterocycles. The van der Waals surface area contributed by atoms with E-state index in [0.717, 1.165) is 16.1 Å². The number of anilines is 1. The molecule has 0 spiro atoms. The molecular formula is C16H11Cl2N3OS. The average molecular weight is 364 g/mol. The summed E-state index contributed by atoms with van der Waals surface area (Å²) in [6, 6.07) is 12.6. The van der Waals surface area contributed by atoms with Crippen LogP contribution < -0.4 is 5.32 Å². The highest BCUT2D eigenvalue weighted by Crippen LogP contribution is 2.29. The van der Waals surface area contributed by atoms with Gasteiger partial charge in [0.05, 0.1) is 10.0 Å². The van der Waals surface area contributed by atoms with Crippen molar-refractivity contribution in [2.45, 2.75) is 6.92 Å². The van der Waals surface area contributed by atoms with Crippen molar-refractivity contribution in [3.05, 3.63) is 63.6 Å². The lowest BCUT2D eigenvalue weighted by atomic mass is 10.1. The molecule has 0 atom stereocenters. The van der Waals surface area contributed by atoms with Crippen LogP contribution in [-0.4, -0.2) is 16.1 Å². The number of hydrogen-bond acceptors (Lipinski definition) is 4. The number of benzene rings is 2. The summed E-state index contributed by atoms with van der Waals surface area (Å²) >= 11 is 13.1. The van der Waals surface area contributed by atoms with E-state index in [1.165, 1.54) is 17.4 Å². The number of halogens is 2. The number of aromatic nitrogens is 2. The molecule has 3 rings (SSSR count). The molecule has 1 aromatic heterocycles. The molecule has 0 aliphatic rings. The van der Waals surface area contributed by atoms with E-state index >= 15 is 0 Å². The zero-order chi connectivity index (χ0) is 16.4. The number of amides is 1. The van der Waals surface area contributed by atoms with Gasteiger partial charge in [-0.3, -0.25) is 10.1 Å². The van der Waals surface area contributed by atoms with E-state index in [9.17, 15) is 4.79 Å². The quantitative estimate of drug-likeness (QED) is 0.706. The number of nitrogens with zero attached hydrogens (tertiary/aromatic N) is 2. The van der Waals surface area contributed by atoms with Crippen LogP contribution in [0.15, 0.2) is 42.5 Å². The van der Waals surface area contributed by atoms with Crippen molar-refractivity contribution in [2.24, 2.45) is 0 Å². The van der Waals surface area contributed by atoms with Crippen LogP contribution in [-0.2, 0) is 0 Å². The fourth-order valence-corrected chi connectivity index (χ4v) is 3.13. The summed E-state index contributed by atoms with van der Waals surface area (Å²) in [7, 11) is 0. The minimum absolute atomic E-state index is 0.309. The van der Waals surface area contributed by atoms with Crippen LogP contribution in [0, 0.1) is 6.92 Å². The largest absolute Gasteiger partial charge is 0.296 e. The summed E-state index contributed by atoms with van der Waals surface area (Å²) in [4.78, 5) is 12.2. The van der Waals surface area contributed by atoms with E-state index in [0.29, 0.717) is 20.7 Å². The van der Waals surface area contributed by atoms with E-state index in [-0.39, 0.29) is 5.91 Å². The van der Waals surface area contributed by atoms with Crippen molar-refractivity contribution < 1.29 is 4.79 Å². The third-order valence-corrected chi connectivity index (χ3v) is 4.81. The summed E-state index contributed by atoms with van der Waals surface area (Å²) in [5.41, 5.74) is 2.51. The Kier molecular flexibility index (Phi) is 4.61. The summed E-state index contributed by atoms with van der Waals surface area (Å²) in [6.07, 6.45) is 0. The van der Waals surface area contributed by atoms with Gasteiger partial charge in [0.25, 0.3) is 5.91 Å². The Labute approximate surface area is 147 Å². The van der Waals surface area contributed by atoms with E-state index in [1.54, 1.807) is 12.1 Å². The second-order valence-corrected chi connectivity index (χ2v) is 6.60. The number of carbonyl (C=O) groups is 1. The second-order valence-electron chi connectivity index (χ2n) is 4.81. The SMILES string of the molecule is Cc1ccccc1-c1nnc(NC(=O)c2ccc(Cl)c(Cl)c2)s1. The lowest BCUT2D eigenvalue weighted by Gasteiger charge is -2.02. The van der Waals surface area contributed by atoms with Crippen LogP contribution >= 0.6 is 34.5 Å². The predicted octanol–water partition coefficient (Wildman–Crippen LogP) is 5.07. The van der Waals surface area contributed by atoms with Crippen molar-refractivity contribution in [3.63, 3.8) is 0 Å². The maximum Gasteiger partial charge on any atom is 0.257 e. The molecule has 116 valence electrons. The Morgan fingerprint density at radius 1 is 1.09 bits per heavy atom. The van der Waals surface area contributed by atoms with Gasteiger partial charge in [-0.1, -0.05) is 58.8 Å².